The molecule has 0 amide bonds. The van der Waals surface area contributed by atoms with E-state index < -0.39 is 0 Å². The van der Waals surface area contributed by atoms with E-state index in [4.69, 9.17) is 5.73 Å². The van der Waals surface area contributed by atoms with E-state index in [1.54, 1.807) is 0 Å². The van der Waals surface area contributed by atoms with Gasteiger partial charge in [0.2, 0.25) is 0 Å². The fraction of sp³-hybridized carbons (Fsp3) is 0.533. The summed E-state index contributed by atoms with van der Waals surface area (Å²) in [6.45, 7) is 2.74. The van der Waals surface area contributed by atoms with Crippen LogP contribution in [0.15, 0.2) is 30.3 Å². The first-order chi connectivity index (χ1) is 8.18. The summed E-state index contributed by atoms with van der Waals surface area (Å²) in [7, 11) is 0. The summed E-state index contributed by atoms with van der Waals surface area (Å²) in [4.78, 5) is 12.6. The maximum Gasteiger partial charge on any atom is 0.170 e. The molecule has 0 aliphatic heterocycles. The number of Topliss-reactive ketones (excluding diaryl/α,β-unsaturated/α-hetero) is 1. The predicted octanol–water partition coefficient (Wildman–Crippen LogP) is 3.02. The molecule has 0 bridgehead atoms. The van der Waals surface area contributed by atoms with E-state index in [-0.39, 0.29) is 11.2 Å². The van der Waals surface area contributed by atoms with Crippen LogP contribution in [0.3, 0.4) is 0 Å². The summed E-state index contributed by atoms with van der Waals surface area (Å²) >= 11 is 0. The first kappa shape index (κ1) is 12.3. The molecule has 2 rings (SSSR count). The molecule has 0 unspecified atom stereocenters. The van der Waals surface area contributed by atoms with Crippen molar-refractivity contribution in [2.24, 2.45) is 17.1 Å². The normalized spacial score (nSPS) is 28.9. The van der Waals surface area contributed by atoms with Crippen LogP contribution in [-0.2, 0) is 0 Å². The zero-order valence-corrected chi connectivity index (χ0v) is 10.5. The number of rotatable bonds is 3. The van der Waals surface area contributed by atoms with Gasteiger partial charge in [-0.1, -0.05) is 37.3 Å². The van der Waals surface area contributed by atoms with E-state index in [1.165, 1.54) is 0 Å². The molecular formula is C15H21NO. The van der Waals surface area contributed by atoms with Crippen LogP contribution in [0.1, 0.15) is 43.0 Å². The van der Waals surface area contributed by atoms with Gasteiger partial charge in [-0.15, -0.1) is 0 Å². The maximum atomic E-state index is 12.6. The topological polar surface area (TPSA) is 43.1 Å². The van der Waals surface area contributed by atoms with Crippen molar-refractivity contribution in [2.45, 2.75) is 32.6 Å². The average molecular weight is 231 g/mol. The van der Waals surface area contributed by atoms with Crippen molar-refractivity contribution in [3.63, 3.8) is 0 Å². The lowest BCUT2D eigenvalue weighted by atomic mass is 9.67. The number of carbonyl (C=O) groups excluding carboxylic acids is 1. The summed E-state index contributed by atoms with van der Waals surface area (Å²) in [6, 6.07) is 9.58. The van der Waals surface area contributed by atoms with Crippen LogP contribution >= 0.6 is 0 Å². The summed E-state index contributed by atoms with van der Waals surface area (Å²) in [6.07, 6.45) is 4.13. The third-order valence-electron chi connectivity index (χ3n) is 4.14. The highest BCUT2D eigenvalue weighted by Crippen LogP contribution is 2.40. The van der Waals surface area contributed by atoms with E-state index in [0.717, 1.165) is 37.2 Å². The largest absolute Gasteiger partial charge is 0.329 e. The minimum Gasteiger partial charge on any atom is -0.329 e. The molecule has 0 aromatic heterocycles. The fourth-order valence-corrected chi connectivity index (χ4v) is 2.73. The van der Waals surface area contributed by atoms with Gasteiger partial charge in [0.15, 0.2) is 5.78 Å². The molecule has 92 valence electrons. The first-order valence-corrected chi connectivity index (χ1v) is 6.48. The molecule has 1 aliphatic rings. The Kier molecular flexibility index (Phi) is 3.63. The zero-order valence-electron chi connectivity index (χ0n) is 10.5. The van der Waals surface area contributed by atoms with Crippen molar-refractivity contribution in [1.82, 2.24) is 0 Å². The quantitative estimate of drug-likeness (QED) is 0.812. The summed E-state index contributed by atoms with van der Waals surface area (Å²) in [5.74, 6) is 0.978. The van der Waals surface area contributed by atoms with Gasteiger partial charge in [-0.25, -0.2) is 0 Å². The first-order valence-electron chi connectivity index (χ1n) is 6.48. The van der Waals surface area contributed by atoms with Crippen LogP contribution in [0.2, 0.25) is 0 Å². The molecule has 1 aromatic carbocycles. The summed E-state index contributed by atoms with van der Waals surface area (Å²) in [5, 5.41) is 0. The van der Waals surface area contributed by atoms with Gasteiger partial charge in [0.1, 0.15) is 0 Å². The van der Waals surface area contributed by atoms with Gasteiger partial charge in [-0.3, -0.25) is 4.79 Å². The number of hydrogen-bond acceptors (Lipinski definition) is 2. The van der Waals surface area contributed by atoms with Crippen molar-refractivity contribution in [3.05, 3.63) is 35.9 Å². The van der Waals surface area contributed by atoms with Crippen LogP contribution in [0.4, 0.5) is 0 Å². The molecule has 1 fully saturated rings. The number of benzene rings is 1. The molecule has 0 spiro atoms. The molecule has 1 aromatic rings. The smallest absolute Gasteiger partial charge is 0.170 e. The van der Waals surface area contributed by atoms with Crippen LogP contribution in [0.25, 0.3) is 0 Å². The van der Waals surface area contributed by atoms with Crippen molar-refractivity contribution in [2.75, 3.05) is 6.54 Å². The molecule has 17 heavy (non-hydrogen) atoms. The van der Waals surface area contributed by atoms with Crippen LogP contribution in [-0.4, -0.2) is 12.3 Å². The zero-order chi connectivity index (χ0) is 12.3. The molecule has 0 saturated heterocycles. The lowest BCUT2D eigenvalue weighted by Crippen LogP contribution is -2.41. The van der Waals surface area contributed by atoms with Crippen molar-refractivity contribution < 1.29 is 4.79 Å². The molecule has 0 atom stereocenters. The Bertz CT molecular complexity index is 377. The molecule has 1 aliphatic carbocycles. The van der Waals surface area contributed by atoms with Crippen molar-refractivity contribution in [3.8, 4) is 0 Å². The standard InChI is InChI=1S/C15H21NO/c1-12-7-9-15(11-16,10-8-12)14(17)13-5-3-2-4-6-13/h2-6,12H,7-11,16H2,1H3. The molecule has 2 heteroatoms. The lowest BCUT2D eigenvalue weighted by Gasteiger charge is -2.37. The monoisotopic (exact) mass is 231 g/mol. The minimum atomic E-state index is -0.298. The predicted molar refractivity (Wildman–Crippen MR) is 69.9 cm³/mol. The van der Waals surface area contributed by atoms with Gasteiger partial charge in [0, 0.05) is 17.5 Å². The minimum absolute atomic E-state index is 0.243. The van der Waals surface area contributed by atoms with Gasteiger partial charge in [0.05, 0.1) is 0 Å². The Hall–Kier alpha value is -1.15. The van der Waals surface area contributed by atoms with Crippen LogP contribution < -0.4 is 5.73 Å². The Labute approximate surface area is 103 Å². The average Bonchev–Trinajstić information content (AvgIpc) is 2.40. The SMILES string of the molecule is CC1CCC(CN)(C(=O)c2ccccc2)CC1. The second-order valence-corrected chi connectivity index (χ2v) is 5.36. The van der Waals surface area contributed by atoms with Gasteiger partial charge >= 0.3 is 0 Å². The number of hydrogen-bond donors (Lipinski definition) is 1. The van der Waals surface area contributed by atoms with E-state index >= 15 is 0 Å². The second kappa shape index (κ2) is 5.01. The van der Waals surface area contributed by atoms with Crippen molar-refractivity contribution >= 4 is 5.78 Å². The second-order valence-electron chi connectivity index (χ2n) is 5.36. The Morgan fingerprint density at radius 2 is 1.88 bits per heavy atom. The highest BCUT2D eigenvalue weighted by Gasteiger charge is 2.39. The molecule has 1 saturated carbocycles. The van der Waals surface area contributed by atoms with Gasteiger partial charge in [-0.2, -0.15) is 0 Å². The third-order valence-corrected chi connectivity index (χ3v) is 4.14. The Morgan fingerprint density at radius 1 is 1.29 bits per heavy atom. The Morgan fingerprint density at radius 3 is 2.41 bits per heavy atom. The van der Waals surface area contributed by atoms with Gasteiger partial charge in [-0.05, 0) is 31.6 Å². The van der Waals surface area contributed by atoms with E-state index in [9.17, 15) is 4.79 Å². The summed E-state index contributed by atoms with van der Waals surface area (Å²) < 4.78 is 0. The molecule has 2 nitrogen and oxygen atoms in total. The third kappa shape index (κ3) is 2.42. The van der Waals surface area contributed by atoms with Crippen LogP contribution in [0.5, 0.6) is 0 Å². The number of nitrogens with two attached hydrogens (primary N) is 1. The number of ketones is 1. The van der Waals surface area contributed by atoms with E-state index in [0.29, 0.717) is 6.54 Å². The van der Waals surface area contributed by atoms with Crippen molar-refractivity contribution in [1.29, 1.82) is 0 Å². The lowest BCUT2D eigenvalue weighted by molar-refractivity contribution is 0.0695. The highest BCUT2D eigenvalue weighted by atomic mass is 16.1. The van der Waals surface area contributed by atoms with E-state index in [1.807, 2.05) is 30.3 Å². The van der Waals surface area contributed by atoms with Crippen LogP contribution in [0, 0.1) is 11.3 Å². The number of carbonyl (C=O) groups is 1. The molecular weight excluding hydrogens is 210 g/mol. The molecule has 0 radical (unpaired) electrons. The molecule has 0 heterocycles. The fourth-order valence-electron chi connectivity index (χ4n) is 2.73. The highest BCUT2D eigenvalue weighted by molar-refractivity contribution is 6.00. The summed E-state index contributed by atoms with van der Waals surface area (Å²) in [5.41, 5.74) is 6.42. The van der Waals surface area contributed by atoms with Gasteiger partial charge < -0.3 is 5.73 Å². The molecule has 2 N–H and O–H groups in total. The Balaban J connectivity index is 2.21. The van der Waals surface area contributed by atoms with Gasteiger partial charge in [0.25, 0.3) is 0 Å². The maximum absolute atomic E-state index is 12.6. The van der Waals surface area contributed by atoms with E-state index in [2.05, 4.69) is 6.92 Å².